The molecule has 2 fully saturated rings. The SMILES string of the molecule is CC.[B]C(CC)C1CCC2(COC2)N(C)C1CC. The highest BCUT2D eigenvalue weighted by atomic mass is 16.5. The van der Waals surface area contributed by atoms with Gasteiger partial charge < -0.3 is 4.74 Å². The van der Waals surface area contributed by atoms with E-state index in [1.54, 1.807) is 0 Å². The van der Waals surface area contributed by atoms with Crippen LogP contribution in [0, 0.1) is 5.92 Å². The third-order valence-corrected chi connectivity index (χ3v) is 4.86. The number of hydrogen-bond acceptors (Lipinski definition) is 2. The lowest BCUT2D eigenvalue weighted by molar-refractivity contribution is -0.174. The van der Waals surface area contributed by atoms with Crippen LogP contribution in [0.3, 0.4) is 0 Å². The number of hydrogen-bond donors (Lipinski definition) is 0. The fraction of sp³-hybridized carbons (Fsp3) is 1.00. The van der Waals surface area contributed by atoms with Crippen LogP contribution >= 0.6 is 0 Å². The number of likely N-dealkylation sites (tertiary alicyclic amines) is 1. The third kappa shape index (κ3) is 2.77. The van der Waals surface area contributed by atoms with Gasteiger partial charge in [-0.25, -0.2) is 0 Å². The van der Waals surface area contributed by atoms with Gasteiger partial charge in [0.1, 0.15) is 0 Å². The van der Waals surface area contributed by atoms with Crippen LogP contribution < -0.4 is 0 Å². The summed E-state index contributed by atoms with van der Waals surface area (Å²) in [7, 11) is 8.54. The molecule has 3 heteroatoms. The predicted molar refractivity (Wildman–Crippen MR) is 79.3 cm³/mol. The van der Waals surface area contributed by atoms with E-state index in [2.05, 4.69) is 25.8 Å². The van der Waals surface area contributed by atoms with Crippen LogP contribution in [0.1, 0.15) is 53.4 Å². The molecule has 2 saturated heterocycles. The quantitative estimate of drug-likeness (QED) is 0.714. The second-order valence-corrected chi connectivity index (χ2v) is 5.58. The first-order chi connectivity index (χ1) is 8.64. The fourth-order valence-electron chi connectivity index (χ4n) is 3.51. The molecule has 3 atom stereocenters. The van der Waals surface area contributed by atoms with E-state index in [4.69, 9.17) is 12.6 Å². The summed E-state index contributed by atoms with van der Waals surface area (Å²) in [4.78, 5) is 2.57. The van der Waals surface area contributed by atoms with Crippen LogP contribution in [0.15, 0.2) is 0 Å². The van der Waals surface area contributed by atoms with Gasteiger partial charge in [0.15, 0.2) is 0 Å². The van der Waals surface area contributed by atoms with Crippen LogP contribution in [0.4, 0.5) is 0 Å². The lowest BCUT2D eigenvalue weighted by atomic mass is 9.64. The highest BCUT2D eigenvalue weighted by molar-refractivity contribution is 6.11. The van der Waals surface area contributed by atoms with Gasteiger partial charge in [0.25, 0.3) is 0 Å². The van der Waals surface area contributed by atoms with Crippen molar-refractivity contribution in [1.82, 2.24) is 4.90 Å². The molecule has 0 aromatic rings. The van der Waals surface area contributed by atoms with Crippen molar-refractivity contribution in [3.8, 4) is 0 Å². The molecule has 0 aliphatic carbocycles. The molecule has 2 radical (unpaired) electrons. The van der Waals surface area contributed by atoms with E-state index in [0.717, 1.165) is 19.6 Å². The minimum Gasteiger partial charge on any atom is -0.377 e. The van der Waals surface area contributed by atoms with E-state index in [9.17, 15) is 0 Å². The number of ether oxygens (including phenoxy) is 1. The summed E-state index contributed by atoms with van der Waals surface area (Å²) in [5.41, 5.74) is 0.352. The van der Waals surface area contributed by atoms with Gasteiger partial charge in [-0.15, -0.1) is 0 Å². The van der Waals surface area contributed by atoms with Gasteiger partial charge in [-0.3, -0.25) is 4.90 Å². The van der Waals surface area contributed by atoms with E-state index in [0.29, 0.717) is 23.3 Å². The molecule has 104 valence electrons. The summed E-state index contributed by atoms with van der Waals surface area (Å²) >= 11 is 0. The molecule has 0 saturated carbocycles. The molecule has 2 heterocycles. The van der Waals surface area contributed by atoms with Gasteiger partial charge in [0.05, 0.1) is 26.6 Å². The number of piperidine rings is 1. The standard InChI is InChI=1S/C13H24BNO.C2H6/c1-4-11(14)10-6-7-13(8-16-9-13)15(3)12(10)5-2;1-2/h10-12H,4-9H2,1-3H3;1-2H3. The van der Waals surface area contributed by atoms with Crippen molar-refractivity contribution >= 4 is 7.85 Å². The van der Waals surface area contributed by atoms with Gasteiger partial charge in [0.2, 0.25) is 0 Å². The molecular formula is C15H30BNO. The van der Waals surface area contributed by atoms with Crippen molar-refractivity contribution in [3.05, 3.63) is 0 Å². The van der Waals surface area contributed by atoms with Crippen molar-refractivity contribution in [2.45, 2.75) is 70.8 Å². The molecule has 3 unspecified atom stereocenters. The van der Waals surface area contributed by atoms with Crippen molar-refractivity contribution in [1.29, 1.82) is 0 Å². The molecule has 0 aromatic carbocycles. The zero-order chi connectivity index (χ0) is 13.8. The average Bonchev–Trinajstić information content (AvgIpc) is 2.37. The summed E-state index contributed by atoms with van der Waals surface area (Å²) in [6.45, 7) is 10.3. The summed E-state index contributed by atoms with van der Waals surface area (Å²) in [5, 5.41) is 0. The molecule has 0 aromatic heterocycles. The second-order valence-electron chi connectivity index (χ2n) is 5.58. The van der Waals surface area contributed by atoms with E-state index in [1.165, 1.54) is 19.3 Å². The third-order valence-electron chi connectivity index (χ3n) is 4.86. The Labute approximate surface area is 115 Å². The summed E-state index contributed by atoms with van der Waals surface area (Å²) in [5.74, 6) is 1.04. The smallest absolute Gasteiger partial charge is 0.0703 e. The van der Waals surface area contributed by atoms with Crippen LogP contribution in [-0.2, 0) is 4.74 Å². The molecule has 2 nitrogen and oxygen atoms in total. The van der Waals surface area contributed by atoms with Crippen LogP contribution in [-0.4, -0.2) is 44.6 Å². The lowest BCUT2D eigenvalue weighted by Crippen LogP contribution is -2.67. The molecule has 0 bridgehead atoms. The monoisotopic (exact) mass is 251 g/mol. The average molecular weight is 251 g/mol. The van der Waals surface area contributed by atoms with Gasteiger partial charge in [-0.05, 0) is 32.2 Å². The first-order valence-electron chi connectivity index (χ1n) is 7.71. The molecule has 0 N–H and O–H groups in total. The first-order valence-corrected chi connectivity index (χ1v) is 7.71. The Balaban J connectivity index is 0.000000771. The van der Waals surface area contributed by atoms with Crippen LogP contribution in [0.25, 0.3) is 0 Å². The maximum absolute atomic E-state index is 6.27. The summed E-state index contributed by atoms with van der Waals surface area (Å²) < 4.78 is 5.43. The predicted octanol–water partition coefficient (Wildman–Crippen LogP) is 3.27. The molecule has 18 heavy (non-hydrogen) atoms. The Morgan fingerprint density at radius 3 is 2.33 bits per heavy atom. The van der Waals surface area contributed by atoms with Crippen LogP contribution in [0.5, 0.6) is 0 Å². The van der Waals surface area contributed by atoms with Crippen LogP contribution in [0.2, 0.25) is 5.82 Å². The largest absolute Gasteiger partial charge is 0.377 e. The van der Waals surface area contributed by atoms with Crippen molar-refractivity contribution in [3.63, 3.8) is 0 Å². The van der Waals surface area contributed by atoms with E-state index in [-0.39, 0.29) is 0 Å². The molecule has 2 rings (SSSR count). The highest BCUT2D eigenvalue weighted by Crippen LogP contribution is 2.44. The Morgan fingerprint density at radius 2 is 1.94 bits per heavy atom. The number of nitrogens with zero attached hydrogens (tertiary/aromatic N) is 1. The maximum Gasteiger partial charge on any atom is 0.0703 e. The van der Waals surface area contributed by atoms with E-state index >= 15 is 0 Å². The summed E-state index contributed by atoms with van der Waals surface area (Å²) in [6.07, 6.45) is 4.84. The zero-order valence-electron chi connectivity index (χ0n) is 12.9. The number of rotatable bonds is 3. The van der Waals surface area contributed by atoms with Gasteiger partial charge in [0, 0.05) is 6.04 Å². The zero-order valence-corrected chi connectivity index (χ0v) is 12.9. The topological polar surface area (TPSA) is 12.5 Å². The molecule has 0 amide bonds. The molecule has 1 spiro atoms. The Hall–Kier alpha value is -0.0151. The van der Waals surface area contributed by atoms with Gasteiger partial charge in [-0.2, -0.15) is 0 Å². The first kappa shape index (κ1) is 16.0. The lowest BCUT2D eigenvalue weighted by Gasteiger charge is -2.57. The highest BCUT2D eigenvalue weighted by Gasteiger charge is 2.49. The van der Waals surface area contributed by atoms with Gasteiger partial charge >= 0.3 is 0 Å². The minimum absolute atomic E-state index is 0.352. The molecular weight excluding hydrogens is 221 g/mol. The molecule has 2 aliphatic rings. The Morgan fingerprint density at radius 1 is 1.33 bits per heavy atom. The van der Waals surface area contributed by atoms with Gasteiger partial charge in [-0.1, -0.05) is 39.9 Å². The van der Waals surface area contributed by atoms with Crippen molar-refractivity contribution in [2.24, 2.45) is 5.92 Å². The van der Waals surface area contributed by atoms with Crippen molar-refractivity contribution in [2.75, 3.05) is 20.3 Å². The molecule has 2 aliphatic heterocycles. The fourth-order valence-corrected chi connectivity index (χ4v) is 3.51. The summed E-state index contributed by atoms with van der Waals surface area (Å²) in [6, 6.07) is 0.646. The van der Waals surface area contributed by atoms with E-state index < -0.39 is 0 Å². The second kappa shape index (κ2) is 6.95. The maximum atomic E-state index is 6.27. The Bertz CT molecular complexity index is 241. The number of likely N-dealkylation sites (N-methyl/N-ethyl adjacent to an activating group) is 1. The normalized spacial score (nSPS) is 32.3. The van der Waals surface area contributed by atoms with E-state index in [1.807, 2.05) is 13.8 Å². The van der Waals surface area contributed by atoms with Crippen molar-refractivity contribution < 1.29 is 4.74 Å². The minimum atomic E-state index is 0.352. The Kier molecular flexibility index (Phi) is 6.20.